The second-order valence-corrected chi connectivity index (χ2v) is 9.40. The van der Waals surface area contributed by atoms with E-state index in [-0.39, 0.29) is 23.1 Å². The number of carbonyl (C=O) groups is 2. The molecule has 0 unspecified atom stereocenters. The van der Waals surface area contributed by atoms with Crippen molar-refractivity contribution in [2.24, 2.45) is 0 Å². The molecule has 0 radical (unpaired) electrons. The third-order valence-electron chi connectivity index (χ3n) is 5.19. The van der Waals surface area contributed by atoms with E-state index < -0.39 is 28.5 Å². The molecule has 1 amide bonds. The molecule has 1 heterocycles. The number of amides is 1. The van der Waals surface area contributed by atoms with Crippen LogP contribution < -0.4 is 14.4 Å². The lowest BCUT2D eigenvalue weighted by Crippen LogP contribution is -2.34. The van der Waals surface area contributed by atoms with E-state index in [9.17, 15) is 18.0 Å². The molecule has 182 valence electrons. The molecule has 1 fully saturated rings. The molecule has 1 N–H and O–H groups in total. The van der Waals surface area contributed by atoms with Crippen molar-refractivity contribution in [3.8, 4) is 5.75 Å². The Morgan fingerprint density at radius 3 is 2.74 bits per heavy atom. The van der Waals surface area contributed by atoms with Gasteiger partial charge in [-0.05, 0) is 43.2 Å². The van der Waals surface area contributed by atoms with E-state index in [1.807, 2.05) is 0 Å². The number of nitrogens with zero attached hydrogens (tertiary/aromatic N) is 1. The summed E-state index contributed by atoms with van der Waals surface area (Å²) in [4.78, 5) is 24.3. The third kappa shape index (κ3) is 6.15. The highest BCUT2D eigenvalue weighted by molar-refractivity contribution is 7.92. The molecule has 0 saturated carbocycles. The standard InChI is InChI=1S/C24H28N2O7S/c1-3-13-26(21-11-4-5-12-22(21)31-2)34(29,30)20-10-6-8-18(15-20)24(28)33-17-23(27)25-16-19-9-7-14-32-19/h3-6,8,10-12,15,19H,1,7,9,13-14,16-17H2,2H3,(H,25,27)/t19-/m0/s1. The molecule has 0 aliphatic carbocycles. The molecule has 9 nitrogen and oxygen atoms in total. The molecule has 10 heteroatoms. The fourth-order valence-corrected chi connectivity index (χ4v) is 4.98. The minimum atomic E-state index is -4.07. The van der Waals surface area contributed by atoms with Gasteiger partial charge in [-0.3, -0.25) is 9.10 Å². The van der Waals surface area contributed by atoms with Crippen LogP contribution in [0.5, 0.6) is 5.75 Å². The highest BCUT2D eigenvalue weighted by Crippen LogP contribution is 2.32. The van der Waals surface area contributed by atoms with Crippen LogP contribution in [0.4, 0.5) is 5.69 Å². The number of ether oxygens (including phenoxy) is 3. The second-order valence-electron chi connectivity index (χ2n) is 7.54. The smallest absolute Gasteiger partial charge is 0.338 e. The molecule has 3 rings (SSSR count). The lowest BCUT2D eigenvalue weighted by Gasteiger charge is -2.25. The van der Waals surface area contributed by atoms with Crippen molar-refractivity contribution in [3.05, 3.63) is 66.7 Å². The Morgan fingerprint density at radius 2 is 2.03 bits per heavy atom. The average molecular weight is 489 g/mol. The summed E-state index contributed by atoms with van der Waals surface area (Å²) >= 11 is 0. The Bertz CT molecular complexity index is 1130. The fraction of sp³-hybridized carbons (Fsp3) is 0.333. The Kier molecular flexibility index (Phi) is 8.67. The van der Waals surface area contributed by atoms with Crippen molar-refractivity contribution < 1.29 is 32.2 Å². The molecule has 1 atom stereocenters. The van der Waals surface area contributed by atoms with E-state index in [0.717, 1.165) is 17.1 Å². The number of rotatable bonds is 11. The van der Waals surface area contributed by atoms with Crippen LogP contribution in [0.15, 0.2) is 66.1 Å². The number of benzene rings is 2. The van der Waals surface area contributed by atoms with Crippen LogP contribution in [0, 0.1) is 0 Å². The highest BCUT2D eigenvalue weighted by atomic mass is 32.2. The summed E-state index contributed by atoms with van der Waals surface area (Å²) in [6.07, 6.45) is 3.26. The summed E-state index contributed by atoms with van der Waals surface area (Å²) in [5.41, 5.74) is 0.340. The van der Waals surface area contributed by atoms with Crippen LogP contribution in [0.1, 0.15) is 23.2 Å². The molecule has 0 spiro atoms. The van der Waals surface area contributed by atoms with E-state index in [2.05, 4.69) is 11.9 Å². The van der Waals surface area contributed by atoms with Crippen molar-refractivity contribution in [1.29, 1.82) is 0 Å². The van der Waals surface area contributed by atoms with Crippen LogP contribution in [-0.2, 0) is 24.3 Å². The van der Waals surface area contributed by atoms with Gasteiger partial charge >= 0.3 is 5.97 Å². The molecule has 1 saturated heterocycles. The van der Waals surface area contributed by atoms with Gasteiger partial charge in [-0.2, -0.15) is 0 Å². The number of para-hydroxylation sites is 2. The first-order valence-electron chi connectivity index (χ1n) is 10.8. The van der Waals surface area contributed by atoms with Crippen LogP contribution in [-0.4, -0.2) is 59.8 Å². The Balaban J connectivity index is 1.72. The summed E-state index contributed by atoms with van der Waals surface area (Å²) in [5.74, 6) is -0.893. The summed E-state index contributed by atoms with van der Waals surface area (Å²) < 4.78 is 43.8. The monoisotopic (exact) mass is 488 g/mol. The van der Waals surface area contributed by atoms with Gasteiger partial charge in [0.05, 0.1) is 35.9 Å². The molecule has 2 aromatic rings. The summed E-state index contributed by atoms with van der Waals surface area (Å²) in [6, 6.07) is 12.2. The van der Waals surface area contributed by atoms with Crippen molar-refractivity contribution in [3.63, 3.8) is 0 Å². The first-order valence-corrected chi connectivity index (χ1v) is 12.2. The molecule has 0 bridgehead atoms. The maximum Gasteiger partial charge on any atom is 0.338 e. The SMILES string of the molecule is C=CCN(c1ccccc1OC)S(=O)(=O)c1cccc(C(=O)OCC(=O)NC[C@@H]2CCCO2)c1. The van der Waals surface area contributed by atoms with Crippen LogP contribution >= 0.6 is 0 Å². The molecular weight excluding hydrogens is 460 g/mol. The van der Waals surface area contributed by atoms with Gasteiger partial charge in [0.1, 0.15) is 5.75 Å². The molecule has 34 heavy (non-hydrogen) atoms. The van der Waals surface area contributed by atoms with E-state index >= 15 is 0 Å². The predicted molar refractivity (Wildman–Crippen MR) is 126 cm³/mol. The summed E-state index contributed by atoms with van der Waals surface area (Å²) in [5, 5.41) is 2.66. The number of carbonyl (C=O) groups excluding carboxylic acids is 2. The Labute approximate surface area is 199 Å². The predicted octanol–water partition coefficient (Wildman–Crippen LogP) is 2.53. The van der Waals surface area contributed by atoms with Gasteiger partial charge in [0.15, 0.2) is 6.61 Å². The Hall–Kier alpha value is -3.37. The highest BCUT2D eigenvalue weighted by Gasteiger charge is 2.27. The lowest BCUT2D eigenvalue weighted by molar-refractivity contribution is -0.124. The van der Waals surface area contributed by atoms with Crippen molar-refractivity contribution in [2.75, 3.05) is 37.7 Å². The third-order valence-corrected chi connectivity index (χ3v) is 6.97. The lowest BCUT2D eigenvalue weighted by atomic mass is 10.2. The maximum atomic E-state index is 13.4. The number of anilines is 1. The number of hydrogen-bond donors (Lipinski definition) is 1. The van der Waals surface area contributed by atoms with E-state index in [0.29, 0.717) is 24.6 Å². The second kappa shape index (κ2) is 11.7. The van der Waals surface area contributed by atoms with Gasteiger partial charge in [-0.25, -0.2) is 13.2 Å². The van der Waals surface area contributed by atoms with Crippen LogP contribution in [0.2, 0.25) is 0 Å². The van der Waals surface area contributed by atoms with Crippen molar-refractivity contribution in [1.82, 2.24) is 5.32 Å². The first kappa shape index (κ1) is 25.3. The van der Waals surface area contributed by atoms with Gasteiger partial charge < -0.3 is 19.5 Å². The van der Waals surface area contributed by atoms with Gasteiger partial charge in [0.25, 0.3) is 15.9 Å². The van der Waals surface area contributed by atoms with Crippen molar-refractivity contribution >= 4 is 27.6 Å². The minimum Gasteiger partial charge on any atom is -0.495 e. The molecule has 1 aliphatic rings. The summed E-state index contributed by atoms with van der Waals surface area (Å²) in [6.45, 7) is 4.19. The van der Waals surface area contributed by atoms with Crippen LogP contribution in [0.25, 0.3) is 0 Å². The van der Waals surface area contributed by atoms with Gasteiger partial charge in [0.2, 0.25) is 0 Å². The number of hydrogen-bond acceptors (Lipinski definition) is 7. The topological polar surface area (TPSA) is 111 Å². The quantitative estimate of drug-likeness (QED) is 0.382. The van der Waals surface area contributed by atoms with E-state index in [1.165, 1.54) is 37.5 Å². The van der Waals surface area contributed by atoms with E-state index in [4.69, 9.17) is 14.2 Å². The van der Waals surface area contributed by atoms with Crippen molar-refractivity contribution in [2.45, 2.75) is 23.8 Å². The fourth-order valence-electron chi connectivity index (χ4n) is 3.49. The maximum absolute atomic E-state index is 13.4. The zero-order valence-corrected chi connectivity index (χ0v) is 19.8. The minimum absolute atomic E-state index is 0.00609. The summed E-state index contributed by atoms with van der Waals surface area (Å²) in [7, 11) is -2.62. The largest absolute Gasteiger partial charge is 0.495 e. The number of esters is 1. The molecule has 0 aromatic heterocycles. The first-order chi connectivity index (χ1) is 16.4. The number of methoxy groups -OCH3 is 1. The zero-order chi connectivity index (χ0) is 24.6. The number of sulfonamides is 1. The van der Waals surface area contributed by atoms with E-state index in [1.54, 1.807) is 24.3 Å². The molecule has 2 aromatic carbocycles. The van der Waals surface area contributed by atoms with Crippen LogP contribution in [0.3, 0.4) is 0 Å². The number of nitrogens with one attached hydrogen (secondary N) is 1. The molecule has 1 aliphatic heterocycles. The zero-order valence-electron chi connectivity index (χ0n) is 18.9. The van der Waals surface area contributed by atoms with Gasteiger partial charge in [-0.15, -0.1) is 6.58 Å². The Morgan fingerprint density at radius 1 is 1.24 bits per heavy atom. The van der Waals surface area contributed by atoms with Gasteiger partial charge in [0, 0.05) is 13.2 Å². The van der Waals surface area contributed by atoms with Gasteiger partial charge in [-0.1, -0.05) is 24.3 Å². The average Bonchev–Trinajstić information content (AvgIpc) is 3.38. The molecular formula is C24H28N2O7S. The normalized spacial score (nSPS) is 15.4.